The number of nitrogens with one attached hydrogen (secondary N) is 1. The van der Waals surface area contributed by atoms with Crippen LogP contribution in [0, 0.1) is 0 Å². The minimum atomic E-state index is -0.122. The second kappa shape index (κ2) is 17.7. The van der Waals surface area contributed by atoms with Gasteiger partial charge in [-0.15, -0.1) is 0 Å². The van der Waals surface area contributed by atoms with E-state index >= 15 is 0 Å². The fourth-order valence-electron chi connectivity index (χ4n) is 5.17. The molecule has 41 heavy (non-hydrogen) atoms. The quantitative estimate of drug-likeness (QED) is 0.392. The van der Waals surface area contributed by atoms with Crippen molar-refractivity contribution < 1.29 is 23.8 Å². The molecule has 1 fully saturated rings. The van der Waals surface area contributed by atoms with Gasteiger partial charge in [0.1, 0.15) is 12.4 Å². The topological polar surface area (TPSA) is 83.6 Å². The molecular formula is C32H48N4O5. The van der Waals surface area contributed by atoms with Crippen LogP contribution in [0.2, 0.25) is 0 Å². The van der Waals surface area contributed by atoms with Gasteiger partial charge in [-0.2, -0.15) is 0 Å². The number of rotatable bonds is 13. The number of carbonyl (C=O) groups excluding carboxylic acids is 2. The second-order valence-electron chi connectivity index (χ2n) is 10.7. The molecule has 2 aliphatic heterocycles. The lowest BCUT2D eigenvalue weighted by molar-refractivity contribution is -0.139. The Bertz CT molecular complexity index is 1060. The highest BCUT2D eigenvalue weighted by Gasteiger charge is 2.27. The van der Waals surface area contributed by atoms with Crippen LogP contribution in [0.25, 0.3) is 0 Å². The van der Waals surface area contributed by atoms with E-state index in [-0.39, 0.29) is 31.0 Å². The summed E-state index contributed by atoms with van der Waals surface area (Å²) in [5, 5.41) is 3.32. The molecule has 1 N–H and O–H groups in total. The van der Waals surface area contributed by atoms with Crippen molar-refractivity contribution in [3.05, 3.63) is 65.3 Å². The molecule has 2 aliphatic rings. The van der Waals surface area contributed by atoms with Gasteiger partial charge in [0, 0.05) is 59.0 Å². The maximum atomic E-state index is 13.4. The van der Waals surface area contributed by atoms with Gasteiger partial charge in [0.05, 0.1) is 26.9 Å². The lowest BCUT2D eigenvalue weighted by atomic mass is 10.1. The molecule has 2 amide bonds. The molecule has 1 saturated heterocycles. The summed E-state index contributed by atoms with van der Waals surface area (Å²) in [6.45, 7) is 10.3. The zero-order chi connectivity index (χ0) is 29.5. The van der Waals surface area contributed by atoms with Gasteiger partial charge in [0.15, 0.2) is 0 Å². The van der Waals surface area contributed by atoms with E-state index in [0.717, 1.165) is 48.4 Å². The van der Waals surface area contributed by atoms with Gasteiger partial charge in [-0.25, -0.2) is 0 Å². The monoisotopic (exact) mass is 568 g/mol. The summed E-state index contributed by atoms with van der Waals surface area (Å²) in [5.74, 6) is 0.785. The zero-order valence-electron chi connectivity index (χ0n) is 25.3. The van der Waals surface area contributed by atoms with E-state index in [4.69, 9.17) is 14.2 Å². The first kappa shape index (κ1) is 32.5. The molecule has 0 bridgehead atoms. The van der Waals surface area contributed by atoms with E-state index in [0.29, 0.717) is 45.9 Å². The Morgan fingerprint density at radius 2 is 1.98 bits per heavy atom. The van der Waals surface area contributed by atoms with Crippen molar-refractivity contribution in [3.63, 3.8) is 0 Å². The molecule has 1 atom stereocenters. The predicted molar refractivity (Wildman–Crippen MR) is 162 cm³/mol. The number of hydrogen-bond donors (Lipinski definition) is 1. The van der Waals surface area contributed by atoms with Crippen molar-refractivity contribution in [1.82, 2.24) is 20.0 Å². The van der Waals surface area contributed by atoms with Crippen molar-refractivity contribution in [2.75, 3.05) is 79.9 Å². The van der Waals surface area contributed by atoms with Crippen LogP contribution < -0.4 is 10.1 Å². The molecule has 0 aromatic heterocycles. The molecule has 0 saturated carbocycles. The largest absolute Gasteiger partial charge is 0.497 e. The Balaban J connectivity index is 1.88. The third-order valence-electron chi connectivity index (χ3n) is 7.33. The van der Waals surface area contributed by atoms with E-state index in [9.17, 15) is 9.59 Å². The Labute approximate surface area is 245 Å². The van der Waals surface area contributed by atoms with Crippen molar-refractivity contribution >= 4 is 11.8 Å². The zero-order valence-corrected chi connectivity index (χ0v) is 25.3. The van der Waals surface area contributed by atoms with Crippen molar-refractivity contribution in [2.45, 2.75) is 39.3 Å². The first-order chi connectivity index (χ1) is 19.9. The summed E-state index contributed by atoms with van der Waals surface area (Å²) in [6.07, 6.45) is 10.1. The summed E-state index contributed by atoms with van der Waals surface area (Å²) in [5.41, 5.74) is 3.23. The van der Waals surface area contributed by atoms with Crippen molar-refractivity contribution in [3.8, 4) is 5.75 Å². The standard InChI is InChI=1S/C32H48N4O5/c1-5-29(36(32(38)25-39-3)21-28-11-9-12-30(19-28)40-4)22-34(23-31(37)35-15-13-33-14-16-35)20-27-10-7-6-8-17-41-24-26(2)18-27/h6-7,9-12,18-19,29,33H,5,8,13-17,20-25H2,1-4H3/b7-6+,26-18?,27-10?/t29-/m0/s1. The molecule has 0 spiro atoms. The van der Waals surface area contributed by atoms with Crippen LogP contribution in [0.1, 0.15) is 32.3 Å². The smallest absolute Gasteiger partial charge is 0.249 e. The van der Waals surface area contributed by atoms with Crippen LogP contribution in [0.5, 0.6) is 5.75 Å². The molecular weight excluding hydrogens is 520 g/mol. The van der Waals surface area contributed by atoms with Gasteiger partial charge < -0.3 is 29.3 Å². The first-order valence-corrected chi connectivity index (χ1v) is 14.7. The molecule has 2 heterocycles. The Hall–Kier alpha value is -2.98. The van der Waals surface area contributed by atoms with Crippen LogP contribution in [0.4, 0.5) is 0 Å². The molecule has 226 valence electrons. The van der Waals surface area contributed by atoms with E-state index in [1.807, 2.05) is 34.1 Å². The molecule has 0 radical (unpaired) electrons. The highest BCUT2D eigenvalue weighted by atomic mass is 16.5. The van der Waals surface area contributed by atoms with Crippen LogP contribution in [-0.2, 0) is 25.6 Å². The Morgan fingerprint density at radius 3 is 2.71 bits per heavy atom. The molecule has 3 rings (SSSR count). The average molecular weight is 569 g/mol. The first-order valence-electron chi connectivity index (χ1n) is 14.7. The van der Waals surface area contributed by atoms with Crippen LogP contribution >= 0.6 is 0 Å². The van der Waals surface area contributed by atoms with Crippen molar-refractivity contribution in [1.29, 1.82) is 0 Å². The average Bonchev–Trinajstić information content (AvgIpc) is 2.98. The number of piperazine rings is 1. The van der Waals surface area contributed by atoms with E-state index < -0.39 is 0 Å². The Kier molecular flexibility index (Phi) is 14.1. The number of nitrogens with zero attached hydrogens (tertiary/aromatic N) is 3. The van der Waals surface area contributed by atoms with E-state index in [1.165, 1.54) is 0 Å². The van der Waals surface area contributed by atoms with Gasteiger partial charge in [-0.05, 0) is 48.6 Å². The minimum Gasteiger partial charge on any atom is -0.497 e. The fraction of sp³-hybridized carbons (Fsp3) is 0.562. The molecule has 0 unspecified atom stereocenters. The summed E-state index contributed by atoms with van der Waals surface area (Å²) in [4.78, 5) is 32.8. The molecule has 0 aliphatic carbocycles. The SMILES string of the molecule is CC[C@@H](CN(CC(=O)N1CCNCC1)CC1=C/C=C/CCOCC(C)=C1)N(Cc1cccc(OC)c1)C(=O)COC. The van der Waals surface area contributed by atoms with E-state index in [2.05, 4.69) is 48.4 Å². The number of allylic oxidation sites excluding steroid dienone is 2. The third kappa shape index (κ3) is 11.1. The normalized spacial score (nSPS) is 17.8. The van der Waals surface area contributed by atoms with E-state index in [1.54, 1.807) is 14.2 Å². The highest BCUT2D eigenvalue weighted by molar-refractivity contribution is 5.79. The molecule has 9 heteroatoms. The summed E-state index contributed by atoms with van der Waals surface area (Å²) >= 11 is 0. The van der Waals surface area contributed by atoms with Gasteiger partial charge in [0.25, 0.3) is 0 Å². The Morgan fingerprint density at radius 1 is 1.17 bits per heavy atom. The summed E-state index contributed by atoms with van der Waals surface area (Å²) in [7, 11) is 3.18. The van der Waals surface area contributed by atoms with Gasteiger partial charge in [0.2, 0.25) is 11.8 Å². The fourth-order valence-corrected chi connectivity index (χ4v) is 5.17. The number of ether oxygens (including phenoxy) is 3. The van der Waals surface area contributed by atoms with Crippen LogP contribution in [0.3, 0.4) is 0 Å². The lowest BCUT2D eigenvalue weighted by Crippen LogP contribution is -2.52. The summed E-state index contributed by atoms with van der Waals surface area (Å²) < 4.78 is 16.4. The number of benzene rings is 1. The van der Waals surface area contributed by atoms with Crippen LogP contribution in [0.15, 0.2) is 59.7 Å². The number of carbonyl (C=O) groups is 2. The maximum absolute atomic E-state index is 13.4. The number of hydrogen-bond acceptors (Lipinski definition) is 7. The molecule has 1 aromatic rings. The number of amides is 2. The minimum absolute atomic E-state index is 0.00193. The maximum Gasteiger partial charge on any atom is 0.249 e. The summed E-state index contributed by atoms with van der Waals surface area (Å²) in [6, 6.07) is 7.67. The third-order valence-corrected chi connectivity index (χ3v) is 7.33. The lowest BCUT2D eigenvalue weighted by Gasteiger charge is -2.36. The second-order valence-corrected chi connectivity index (χ2v) is 10.7. The highest BCUT2D eigenvalue weighted by Crippen LogP contribution is 2.19. The van der Waals surface area contributed by atoms with Crippen LogP contribution in [-0.4, -0.2) is 112 Å². The molecule has 9 nitrogen and oxygen atoms in total. The van der Waals surface area contributed by atoms with Crippen molar-refractivity contribution in [2.24, 2.45) is 0 Å². The van der Waals surface area contributed by atoms with Gasteiger partial charge >= 0.3 is 0 Å². The molecule has 1 aromatic carbocycles. The van der Waals surface area contributed by atoms with Gasteiger partial charge in [-0.3, -0.25) is 14.5 Å². The predicted octanol–water partition coefficient (Wildman–Crippen LogP) is 3.03. The van der Waals surface area contributed by atoms with Gasteiger partial charge in [-0.1, -0.05) is 43.4 Å². The number of methoxy groups -OCH3 is 2.